The van der Waals surface area contributed by atoms with Gasteiger partial charge in [-0.15, -0.1) is 0 Å². The Morgan fingerprint density at radius 3 is 2.37 bits per heavy atom. The molecule has 3 aliphatic rings. The lowest BCUT2D eigenvalue weighted by atomic mass is 9.94. The van der Waals surface area contributed by atoms with Gasteiger partial charge in [0, 0.05) is 39.3 Å². The van der Waals surface area contributed by atoms with E-state index in [9.17, 15) is 13.2 Å². The summed E-state index contributed by atoms with van der Waals surface area (Å²) in [6.07, 6.45) is 9.01. The molecule has 1 aromatic rings. The third-order valence-corrected chi connectivity index (χ3v) is 9.25. The normalized spacial score (nSPS) is 22.6. The molecule has 0 radical (unpaired) electrons. The Hall–Kier alpha value is -1.44. The molecular weight excluding hydrogens is 398 g/mol. The number of benzene rings is 1. The van der Waals surface area contributed by atoms with E-state index < -0.39 is 10.0 Å². The van der Waals surface area contributed by atoms with Crippen LogP contribution in [0.5, 0.6) is 0 Å². The quantitative estimate of drug-likeness (QED) is 0.716. The van der Waals surface area contributed by atoms with Crippen LogP contribution in [0.15, 0.2) is 23.1 Å². The predicted molar refractivity (Wildman–Crippen MR) is 118 cm³/mol. The fourth-order valence-corrected chi connectivity index (χ4v) is 6.76. The van der Waals surface area contributed by atoms with Gasteiger partial charge in [0.05, 0.1) is 10.9 Å². The SMILES string of the molecule is C[C@H](C(=O)N(C)C1CCCCC1)N1CCN(S(=O)(=O)c2ccc3c(c2)CCC3)CC1. The molecule has 1 aliphatic heterocycles. The summed E-state index contributed by atoms with van der Waals surface area (Å²) in [7, 11) is -1.54. The van der Waals surface area contributed by atoms with Crippen molar-refractivity contribution in [1.82, 2.24) is 14.1 Å². The second-order valence-corrected chi connectivity index (χ2v) is 11.1. The molecule has 1 aromatic carbocycles. The molecule has 6 nitrogen and oxygen atoms in total. The van der Waals surface area contributed by atoms with Crippen molar-refractivity contribution >= 4 is 15.9 Å². The van der Waals surface area contributed by atoms with Gasteiger partial charge in [-0.3, -0.25) is 9.69 Å². The van der Waals surface area contributed by atoms with Crippen molar-refractivity contribution in [2.75, 3.05) is 33.2 Å². The first-order valence-electron chi connectivity index (χ1n) is 11.5. The van der Waals surface area contributed by atoms with Crippen LogP contribution in [-0.2, 0) is 27.7 Å². The zero-order chi connectivity index (χ0) is 21.3. The number of fused-ring (bicyclic) bond motifs is 1. The smallest absolute Gasteiger partial charge is 0.243 e. The average molecular weight is 434 g/mol. The van der Waals surface area contributed by atoms with Crippen LogP contribution in [-0.4, -0.2) is 73.7 Å². The number of piperazine rings is 1. The lowest BCUT2D eigenvalue weighted by Gasteiger charge is -2.39. The molecule has 1 saturated heterocycles. The molecule has 30 heavy (non-hydrogen) atoms. The molecule has 0 aromatic heterocycles. The van der Waals surface area contributed by atoms with E-state index in [0.29, 0.717) is 37.1 Å². The molecule has 1 atom stereocenters. The van der Waals surface area contributed by atoms with Crippen LogP contribution >= 0.6 is 0 Å². The molecule has 1 amide bonds. The van der Waals surface area contributed by atoms with Gasteiger partial charge < -0.3 is 4.90 Å². The second-order valence-electron chi connectivity index (χ2n) is 9.14. The van der Waals surface area contributed by atoms with E-state index in [-0.39, 0.29) is 11.9 Å². The van der Waals surface area contributed by atoms with E-state index in [0.717, 1.165) is 32.1 Å². The van der Waals surface area contributed by atoms with Crippen molar-refractivity contribution in [1.29, 1.82) is 0 Å². The fourth-order valence-electron chi connectivity index (χ4n) is 5.29. The van der Waals surface area contributed by atoms with E-state index >= 15 is 0 Å². The summed E-state index contributed by atoms with van der Waals surface area (Å²) in [6, 6.07) is 5.76. The molecule has 0 bridgehead atoms. The van der Waals surface area contributed by atoms with Crippen LogP contribution in [0.1, 0.15) is 56.6 Å². The summed E-state index contributed by atoms with van der Waals surface area (Å²) in [6.45, 7) is 4.02. The minimum Gasteiger partial charge on any atom is -0.341 e. The summed E-state index contributed by atoms with van der Waals surface area (Å²) in [5.74, 6) is 0.164. The molecule has 4 rings (SSSR count). The molecule has 2 fully saturated rings. The highest BCUT2D eigenvalue weighted by atomic mass is 32.2. The summed E-state index contributed by atoms with van der Waals surface area (Å²) in [4.78, 5) is 17.5. The number of sulfonamides is 1. The Bertz CT molecular complexity index is 872. The van der Waals surface area contributed by atoms with Gasteiger partial charge in [-0.05, 0) is 62.3 Å². The van der Waals surface area contributed by atoms with Crippen LogP contribution in [0.25, 0.3) is 0 Å². The minimum atomic E-state index is -3.48. The number of carbonyl (C=O) groups excluding carboxylic acids is 1. The molecule has 0 spiro atoms. The van der Waals surface area contributed by atoms with E-state index in [1.165, 1.54) is 30.4 Å². The summed E-state index contributed by atoms with van der Waals surface area (Å²) < 4.78 is 27.9. The first kappa shape index (κ1) is 21.8. The number of nitrogens with zero attached hydrogens (tertiary/aromatic N) is 3. The standard InChI is InChI=1S/C23H35N3O3S/c1-18(23(27)24(2)21-9-4-3-5-10-21)25-13-15-26(16-14-25)30(28,29)22-12-11-19-7-6-8-20(19)17-22/h11-12,17-18,21H,3-10,13-16H2,1-2H3/t18-/m1/s1. The van der Waals surface area contributed by atoms with Gasteiger partial charge in [-0.1, -0.05) is 25.3 Å². The molecule has 0 N–H and O–H groups in total. The molecular formula is C23H35N3O3S. The first-order chi connectivity index (χ1) is 14.4. The molecule has 2 aliphatic carbocycles. The average Bonchev–Trinajstić information content (AvgIpc) is 3.26. The van der Waals surface area contributed by atoms with Crippen molar-refractivity contribution in [3.63, 3.8) is 0 Å². The van der Waals surface area contributed by atoms with Gasteiger partial charge >= 0.3 is 0 Å². The third-order valence-electron chi connectivity index (χ3n) is 7.36. The van der Waals surface area contributed by atoms with Crippen LogP contribution in [0.3, 0.4) is 0 Å². The van der Waals surface area contributed by atoms with Gasteiger partial charge in [-0.2, -0.15) is 4.31 Å². The van der Waals surface area contributed by atoms with Gasteiger partial charge in [0.25, 0.3) is 0 Å². The number of hydrogen-bond donors (Lipinski definition) is 0. The Labute approximate surface area is 181 Å². The summed E-state index contributed by atoms with van der Waals surface area (Å²) >= 11 is 0. The molecule has 1 heterocycles. The Morgan fingerprint density at radius 1 is 1.00 bits per heavy atom. The Balaban J connectivity index is 1.36. The Morgan fingerprint density at radius 2 is 1.67 bits per heavy atom. The molecule has 166 valence electrons. The van der Waals surface area contributed by atoms with Crippen LogP contribution in [0.2, 0.25) is 0 Å². The van der Waals surface area contributed by atoms with E-state index in [1.54, 1.807) is 10.4 Å². The van der Waals surface area contributed by atoms with Crippen LogP contribution in [0.4, 0.5) is 0 Å². The molecule has 0 unspecified atom stereocenters. The van der Waals surface area contributed by atoms with E-state index in [4.69, 9.17) is 0 Å². The minimum absolute atomic E-state index is 0.164. The van der Waals surface area contributed by atoms with Gasteiger partial charge in [0.2, 0.25) is 15.9 Å². The largest absolute Gasteiger partial charge is 0.341 e. The van der Waals surface area contributed by atoms with Crippen molar-refractivity contribution in [2.45, 2.75) is 75.3 Å². The highest BCUT2D eigenvalue weighted by Crippen LogP contribution is 2.27. The maximum atomic E-state index is 13.1. The number of hydrogen-bond acceptors (Lipinski definition) is 4. The van der Waals surface area contributed by atoms with E-state index in [1.807, 2.05) is 31.0 Å². The maximum absolute atomic E-state index is 13.1. The highest BCUT2D eigenvalue weighted by Gasteiger charge is 2.34. The topological polar surface area (TPSA) is 60.9 Å². The van der Waals surface area contributed by atoms with Crippen LogP contribution in [0, 0.1) is 0 Å². The lowest BCUT2D eigenvalue weighted by molar-refractivity contribution is -0.138. The maximum Gasteiger partial charge on any atom is 0.243 e. The zero-order valence-corrected chi connectivity index (χ0v) is 19.2. The number of carbonyl (C=O) groups is 1. The number of rotatable bonds is 5. The monoisotopic (exact) mass is 433 g/mol. The predicted octanol–water partition coefficient (Wildman–Crippen LogP) is 2.66. The van der Waals surface area contributed by atoms with Crippen molar-refractivity contribution in [3.05, 3.63) is 29.3 Å². The fraction of sp³-hybridized carbons (Fsp3) is 0.696. The van der Waals surface area contributed by atoms with Crippen molar-refractivity contribution in [2.24, 2.45) is 0 Å². The van der Waals surface area contributed by atoms with E-state index in [2.05, 4.69) is 4.90 Å². The summed E-state index contributed by atoms with van der Waals surface area (Å²) in [5, 5.41) is 0. The van der Waals surface area contributed by atoms with Crippen molar-refractivity contribution in [3.8, 4) is 0 Å². The van der Waals surface area contributed by atoms with Gasteiger partial charge in [0.1, 0.15) is 0 Å². The lowest BCUT2D eigenvalue weighted by Crippen LogP contribution is -2.56. The first-order valence-corrected chi connectivity index (χ1v) is 12.9. The number of aryl methyl sites for hydroxylation is 2. The van der Waals surface area contributed by atoms with Crippen LogP contribution < -0.4 is 0 Å². The molecule has 1 saturated carbocycles. The number of likely N-dealkylation sites (N-methyl/N-ethyl adjacent to an activating group) is 1. The Kier molecular flexibility index (Phi) is 6.51. The second kappa shape index (κ2) is 8.97. The highest BCUT2D eigenvalue weighted by molar-refractivity contribution is 7.89. The third kappa shape index (κ3) is 4.30. The van der Waals surface area contributed by atoms with Gasteiger partial charge in [0.15, 0.2) is 0 Å². The summed E-state index contributed by atoms with van der Waals surface area (Å²) in [5.41, 5.74) is 2.47. The van der Waals surface area contributed by atoms with Gasteiger partial charge in [-0.25, -0.2) is 8.42 Å². The number of amides is 1. The van der Waals surface area contributed by atoms with Crippen molar-refractivity contribution < 1.29 is 13.2 Å². The zero-order valence-electron chi connectivity index (χ0n) is 18.3. The molecule has 7 heteroatoms.